The molecule has 1 saturated heterocycles. The van der Waals surface area contributed by atoms with Gasteiger partial charge in [-0.1, -0.05) is 66.7 Å². The third-order valence-corrected chi connectivity index (χ3v) is 6.81. The number of nitrogens with zero attached hydrogens (tertiary/aromatic N) is 3. The summed E-state index contributed by atoms with van der Waals surface area (Å²) in [6.45, 7) is 2.59. The van der Waals surface area contributed by atoms with Gasteiger partial charge in [0.25, 0.3) is 0 Å². The molecule has 0 aliphatic carbocycles. The van der Waals surface area contributed by atoms with Gasteiger partial charge in [0.2, 0.25) is 11.8 Å². The predicted molar refractivity (Wildman–Crippen MR) is 142 cm³/mol. The van der Waals surface area contributed by atoms with Crippen LogP contribution in [0.15, 0.2) is 78.9 Å². The van der Waals surface area contributed by atoms with Crippen molar-refractivity contribution in [1.29, 1.82) is 0 Å². The molecule has 6 nitrogen and oxygen atoms in total. The smallest absolute Gasteiger partial charge is 0.242 e. The number of carbonyl (C=O) groups is 2. The van der Waals surface area contributed by atoms with Gasteiger partial charge in [-0.05, 0) is 48.1 Å². The molecule has 0 spiro atoms. The SMILES string of the molecule is O=C(Cc1ccc(-c2ccccc2)cc1)NCCCc1nc2ccccc2n1CC(=O)N1CCCC1. The third-order valence-electron chi connectivity index (χ3n) is 6.81. The lowest BCUT2D eigenvalue weighted by Crippen LogP contribution is -2.31. The largest absolute Gasteiger partial charge is 0.356 e. The lowest BCUT2D eigenvalue weighted by molar-refractivity contribution is -0.130. The number of hydrogen-bond donors (Lipinski definition) is 1. The van der Waals surface area contributed by atoms with E-state index >= 15 is 0 Å². The van der Waals surface area contributed by atoms with Crippen LogP contribution in [0.2, 0.25) is 0 Å². The van der Waals surface area contributed by atoms with Crippen LogP contribution in [0.25, 0.3) is 22.2 Å². The first kappa shape index (κ1) is 23.8. The Labute approximate surface area is 212 Å². The quantitative estimate of drug-likeness (QED) is 0.356. The number of fused-ring (bicyclic) bond motifs is 1. The van der Waals surface area contributed by atoms with E-state index in [0.29, 0.717) is 25.9 Å². The molecule has 1 aliphatic rings. The number of nitrogens with one attached hydrogen (secondary N) is 1. The van der Waals surface area contributed by atoms with Crippen LogP contribution < -0.4 is 5.32 Å². The van der Waals surface area contributed by atoms with Crippen molar-refractivity contribution in [2.24, 2.45) is 0 Å². The summed E-state index contributed by atoms with van der Waals surface area (Å²) in [6.07, 6.45) is 3.99. The van der Waals surface area contributed by atoms with Crippen LogP contribution in [-0.2, 0) is 29.0 Å². The molecule has 5 rings (SSSR count). The minimum atomic E-state index is 0.0141. The summed E-state index contributed by atoms with van der Waals surface area (Å²) in [4.78, 5) is 32.1. The van der Waals surface area contributed by atoms with E-state index < -0.39 is 0 Å². The molecule has 0 saturated carbocycles. The maximum atomic E-state index is 12.8. The molecule has 2 amide bonds. The van der Waals surface area contributed by atoms with Gasteiger partial charge >= 0.3 is 0 Å². The summed E-state index contributed by atoms with van der Waals surface area (Å²) >= 11 is 0. The second kappa shape index (κ2) is 11.2. The van der Waals surface area contributed by atoms with E-state index in [1.54, 1.807) is 0 Å². The number of imidazole rings is 1. The highest BCUT2D eigenvalue weighted by Crippen LogP contribution is 2.20. The van der Waals surface area contributed by atoms with E-state index in [1.165, 1.54) is 5.56 Å². The molecule has 2 heterocycles. The molecule has 4 aromatic rings. The molecule has 3 aromatic carbocycles. The van der Waals surface area contributed by atoms with Crippen molar-refractivity contribution in [3.8, 4) is 11.1 Å². The topological polar surface area (TPSA) is 67.2 Å². The molecule has 1 aromatic heterocycles. The summed E-state index contributed by atoms with van der Waals surface area (Å²) in [5.74, 6) is 1.07. The summed E-state index contributed by atoms with van der Waals surface area (Å²) in [6, 6.07) is 26.3. The van der Waals surface area contributed by atoms with Crippen molar-refractivity contribution < 1.29 is 9.59 Å². The first-order valence-corrected chi connectivity index (χ1v) is 12.8. The molecular weight excluding hydrogens is 448 g/mol. The maximum absolute atomic E-state index is 12.8. The molecule has 1 N–H and O–H groups in total. The second-order valence-corrected chi connectivity index (χ2v) is 9.38. The minimum Gasteiger partial charge on any atom is -0.356 e. The molecule has 0 radical (unpaired) electrons. The number of aromatic nitrogens is 2. The molecule has 36 heavy (non-hydrogen) atoms. The van der Waals surface area contributed by atoms with Crippen LogP contribution in [-0.4, -0.2) is 45.9 Å². The molecule has 184 valence electrons. The van der Waals surface area contributed by atoms with Crippen molar-refractivity contribution in [3.63, 3.8) is 0 Å². The van der Waals surface area contributed by atoms with Gasteiger partial charge in [-0.2, -0.15) is 0 Å². The molecule has 0 atom stereocenters. The highest BCUT2D eigenvalue weighted by atomic mass is 16.2. The number of para-hydroxylation sites is 2. The monoisotopic (exact) mass is 480 g/mol. The Morgan fingerprint density at radius 3 is 2.31 bits per heavy atom. The zero-order valence-electron chi connectivity index (χ0n) is 20.5. The first-order valence-electron chi connectivity index (χ1n) is 12.8. The lowest BCUT2D eigenvalue weighted by atomic mass is 10.0. The average Bonchev–Trinajstić information content (AvgIpc) is 3.57. The summed E-state index contributed by atoms with van der Waals surface area (Å²) < 4.78 is 2.05. The maximum Gasteiger partial charge on any atom is 0.242 e. The fraction of sp³-hybridized carbons (Fsp3) is 0.300. The van der Waals surface area contributed by atoms with Gasteiger partial charge in [0.15, 0.2) is 0 Å². The summed E-state index contributed by atoms with van der Waals surface area (Å²) in [5, 5.41) is 3.04. The standard InChI is InChI=1S/C30H32N4O2/c35-29(21-23-14-16-25(17-15-23)24-9-2-1-3-10-24)31-18-8-13-28-32-26-11-4-5-12-27(26)34(28)22-30(36)33-19-6-7-20-33/h1-5,9-12,14-17H,6-8,13,18-22H2,(H,31,35). The number of aryl methyl sites for hydroxylation is 1. The lowest BCUT2D eigenvalue weighted by Gasteiger charge is -2.17. The van der Waals surface area contributed by atoms with Crippen LogP contribution in [0.1, 0.15) is 30.7 Å². The van der Waals surface area contributed by atoms with Crippen molar-refractivity contribution >= 4 is 22.8 Å². The first-order chi connectivity index (χ1) is 17.7. The average molecular weight is 481 g/mol. The van der Waals surface area contributed by atoms with Crippen molar-refractivity contribution in [1.82, 2.24) is 19.8 Å². The number of benzene rings is 3. The number of amides is 2. The van der Waals surface area contributed by atoms with Gasteiger partial charge in [-0.25, -0.2) is 4.98 Å². The Kier molecular flexibility index (Phi) is 7.41. The van der Waals surface area contributed by atoms with Crippen LogP contribution >= 0.6 is 0 Å². The Morgan fingerprint density at radius 1 is 0.833 bits per heavy atom. The molecule has 0 unspecified atom stereocenters. The van der Waals surface area contributed by atoms with Gasteiger partial charge in [0.1, 0.15) is 12.4 Å². The van der Waals surface area contributed by atoms with Crippen LogP contribution in [0, 0.1) is 0 Å². The van der Waals surface area contributed by atoms with Gasteiger partial charge in [0, 0.05) is 26.1 Å². The molecule has 1 fully saturated rings. The van der Waals surface area contributed by atoms with Gasteiger partial charge in [0.05, 0.1) is 17.5 Å². The van der Waals surface area contributed by atoms with E-state index in [-0.39, 0.29) is 11.8 Å². The molecule has 0 bridgehead atoms. The molecule has 6 heteroatoms. The van der Waals surface area contributed by atoms with Crippen molar-refractivity contribution in [2.45, 2.75) is 38.6 Å². The normalized spacial score (nSPS) is 13.3. The fourth-order valence-electron chi connectivity index (χ4n) is 4.86. The predicted octanol–water partition coefficient (Wildman–Crippen LogP) is 4.62. The summed E-state index contributed by atoms with van der Waals surface area (Å²) in [7, 11) is 0. The Balaban J connectivity index is 1.14. The van der Waals surface area contributed by atoms with Crippen molar-refractivity contribution in [2.75, 3.05) is 19.6 Å². The second-order valence-electron chi connectivity index (χ2n) is 9.38. The number of likely N-dealkylation sites (tertiary alicyclic amines) is 1. The van der Waals surface area contributed by atoms with Gasteiger partial charge in [-0.3, -0.25) is 9.59 Å². The molecule has 1 aliphatic heterocycles. The number of carbonyl (C=O) groups excluding carboxylic acids is 2. The minimum absolute atomic E-state index is 0.0141. The highest BCUT2D eigenvalue weighted by Gasteiger charge is 2.20. The van der Waals surface area contributed by atoms with E-state index in [4.69, 9.17) is 4.98 Å². The summed E-state index contributed by atoms with van der Waals surface area (Å²) in [5.41, 5.74) is 5.20. The van der Waals surface area contributed by atoms with Crippen LogP contribution in [0.4, 0.5) is 0 Å². The van der Waals surface area contributed by atoms with E-state index in [2.05, 4.69) is 29.6 Å². The Morgan fingerprint density at radius 2 is 1.53 bits per heavy atom. The Bertz CT molecular complexity index is 1320. The van der Waals surface area contributed by atoms with Gasteiger partial charge < -0.3 is 14.8 Å². The third kappa shape index (κ3) is 5.65. The fourth-order valence-corrected chi connectivity index (χ4v) is 4.86. The zero-order chi connectivity index (χ0) is 24.7. The number of rotatable bonds is 9. The zero-order valence-corrected chi connectivity index (χ0v) is 20.5. The number of hydrogen-bond acceptors (Lipinski definition) is 3. The van der Waals surface area contributed by atoms with Gasteiger partial charge in [-0.15, -0.1) is 0 Å². The molecular formula is C30H32N4O2. The Hall–Kier alpha value is -3.93. The van der Waals surface area contributed by atoms with Crippen molar-refractivity contribution in [3.05, 3.63) is 90.3 Å². The van der Waals surface area contributed by atoms with E-state index in [1.807, 2.05) is 64.1 Å². The van der Waals surface area contributed by atoms with E-state index in [9.17, 15) is 9.59 Å². The van der Waals surface area contributed by atoms with E-state index in [0.717, 1.165) is 60.3 Å². The van der Waals surface area contributed by atoms with Crippen LogP contribution in [0.5, 0.6) is 0 Å². The highest BCUT2D eigenvalue weighted by molar-refractivity contribution is 5.81. The van der Waals surface area contributed by atoms with Crippen LogP contribution in [0.3, 0.4) is 0 Å².